The lowest BCUT2D eigenvalue weighted by Crippen LogP contribution is -2.07. The summed E-state index contributed by atoms with van der Waals surface area (Å²) in [5.41, 5.74) is 1.47. The molecular formula is C15H19FN2S. The van der Waals surface area contributed by atoms with E-state index in [-0.39, 0.29) is 5.82 Å². The van der Waals surface area contributed by atoms with Gasteiger partial charge < -0.3 is 10.6 Å². The highest BCUT2D eigenvalue weighted by molar-refractivity contribution is 7.78. The van der Waals surface area contributed by atoms with E-state index in [1.807, 2.05) is 18.3 Å². The first-order valence-electron chi connectivity index (χ1n) is 6.24. The SMILES string of the molecule is C=CNCc1ccc(/C=C\NCCCC=S)cc1F. The molecule has 0 aliphatic carbocycles. The van der Waals surface area contributed by atoms with Crippen molar-refractivity contribution in [3.05, 3.63) is 54.1 Å². The Bertz CT molecular complexity index is 444. The molecule has 0 aliphatic heterocycles. The lowest BCUT2D eigenvalue weighted by molar-refractivity contribution is 0.603. The van der Waals surface area contributed by atoms with Crippen molar-refractivity contribution >= 4 is 23.7 Å². The van der Waals surface area contributed by atoms with Crippen molar-refractivity contribution in [2.24, 2.45) is 0 Å². The molecule has 0 aliphatic rings. The number of nitrogens with one attached hydrogen (secondary N) is 2. The quantitative estimate of drug-likeness (QED) is 0.535. The number of halogens is 1. The molecule has 1 aromatic rings. The zero-order valence-corrected chi connectivity index (χ0v) is 11.7. The third-order valence-corrected chi connectivity index (χ3v) is 2.79. The summed E-state index contributed by atoms with van der Waals surface area (Å²) in [6.07, 6.45) is 7.17. The summed E-state index contributed by atoms with van der Waals surface area (Å²) in [7, 11) is 0. The summed E-state index contributed by atoms with van der Waals surface area (Å²) in [4.78, 5) is 0. The number of hydrogen-bond donors (Lipinski definition) is 2. The minimum Gasteiger partial charge on any atom is -0.391 e. The Kier molecular flexibility index (Phi) is 7.51. The second-order valence-corrected chi connectivity index (χ2v) is 4.37. The molecule has 4 heteroatoms. The predicted octanol–water partition coefficient (Wildman–Crippen LogP) is 3.40. The van der Waals surface area contributed by atoms with Crippen LogP contribution < -0.4 is 10.6 Å². The van der Waals surface area contributed by atoms with Gasteiger partial charge in [-0.2, -0.15) is 0 Å². The fourth-order valence-electron chi connectivity index (χ4n) is 1.52. The van der Waals surface area contributed by atoms with Gasteiger partial charge in [0, 0.05) is 18.7 Å². The lowest BCUT2D eigenvalue weighted by Gasteiger charge is -2.04. The Morgan fingerprint density at radius 2 is 2.16 bits per heavy atom. The van der Waals surface area contributed by atoms with E-state index in [1.165, 1.54) is 6.07 Å². The van der Waals surface area contributed by atoms with Crippen LogP contribution in [0.4, 0.5) is 4.39 Å². The number of unbranched alkanes of at least 4 members (excludes halogenated alkanes) is 1. The van der Waals surface area contributed by atoms with Gasteiger partial charge in [-0.1, -0.05) is 30.9 Å². The topological polar surface area (TPSA) is 24.1 Å². The number of rotatable bonds is 9. The first-order valence-corrected chi connectivity index (χ1v) is 6.71. The monoisotopic (exact) mass is 278 g/mol. The van der Waals surface area contributed by atoms with Gasteiger partial charge >= 0.3 is 0 Å². The summed E-state index contributed by atoms with van der Waals surface area (Å²) >= 11 is 4.74. The number of hydrogen-bond acceptors (Lipinski definition) is 3. The smallest absolute Gasteiger partial charge is 0.128 e. The normalized spacial score (nSPS) is 10.4. The highest BCUT2D eigenvalue weighted by Gasteiger charge is 2.00. The van der Waals surface area contributed by atoms with Crippen LogP contribution in [0.2, 0.25) is 0 Å². The minimum absolute atomic E-state index is 0.211. The van der Waals surface area contributed by atoms with Crippen LogP contribution in [0.25, 0.3) is 6.08 Å². The third-order valence-electron chi connectivity index (χ3n) is 2.55. The van der Waals surface area contributed by atoms with Gasteiger partial charge in [-0.05, 0) is 48.3 Å². The molecule has 0 unspecified atom stereocenters. The molecule has 0 aromatic heterocycles. The average Bonchev–Trinajstić information content (AvgIpc) is 2.42. The molecule has 1 rings (SSSR count). The van der Waals surface area contributed by atoms with Gasteiger partial charge in [-0.25, -0.2) is 4.39 Å². The largest absolute Gasteiger partial charge is 0.391 e. The fraction of sp³-hybridized carbons (Fsp3) is 0.267. The molecule has 0 radical (unpaired) electrons. The van der Waals surface area contributed by atoms with Gasteiger partial charge in [-0.3, -0.25) is 0 Å². The van der Waals surface area contributed by atoms with Gasteiger partial charge in [0.05, 0.1) is 0 Å². The molecule has 2 nitrogen and oxygen atoms in total. The fourth-order valence-corrected chi connectivity index (χ4v) is 1.69. The second kappa shape index (κ2) is 9.28. The van der Waals surface area contributed by atoms with Crippen LogP contribution in [0.15, 0.2) is 37.2 Å². The van der Waals surface area contributed by atoms with Crippen LogP contribution in [0.3, 0.4) is 0 Å². The zero-order valence-electron chi connectivity index (χ0n) is 10.9. The van der Waals surface area contributed by atoms with Crippen molar-refractivity contribution in [2.45, 2.75) is 19.4 Å². The Morgan fingerprint density at radius 3 is 2.84 bits per heavy atom. The van der Waals surface area contributed by atoms with E-state index < -0.39 is 0 Å². The average molecular weight is 278 g/mol. The first-order chi connectivity index (χ1) is 9.27. The number of thiocarbonyl (C=S) groups is 1. The van der Waals surface area contributed by atoms with Gasteiger partial charge in [0.2, 0.25) is 0 Å². The van der Waals surface area contributed by atoms with Crippen LogP contribution in [-0.4, -0.2) is 11.9 Å². The molecule has 0 saturated heterocycles. The van der Waals surface area contributed by atoms with E-state index in [2.05, 4.69) is 17.2 Å². The molecule has 0 bridgehead atoms. The Morgan fingerprint density at radius 1 is 1.32 bits per heavy atom. The summed E-state index contributed by atoms with van der Waals surface area (Å²) < 4.78 is 13.7. The molecular weight excluding hydrogens is 259 g/mol. The van der Waals surface area contributed by atoms with Crippen molar-refractivity contribution < 1.29 is 4.39 Å². The molecule has 0 amide bonds. The molecule has 19 heavy (non-hydrogen) atoms. The lowest BCUT2D eigenvalue weighted by atomic mass is 10.1. The summed E-state index contributed by atoms with van der Waals surface area (Å²) in [6.45, 7) is 4.85. The maximum absolute atomic E-state index is 13.7. The van der Waals surface area contributed by atoms with E-state index >= 15 is 0 Å². The predicted molar refractivity (Wildman–Crippen MR) is 83.4 cm³/mol. The molecule has 1 aromatic carbocycles. The van der Waals surface area contributed by atoms with E-state index in [1.54, 1.807) is 17.6 Å². The summed E-state index contributed by atoms with van der Waals surface area (Å²) in [5, 5.41) is 7.75. The molecule has 0 spiro atoms. The standard InChI is InChI=1S/C15H19FN2S/c1-2-17-12-14-6-5-13(11-15(14)16)7-9-18-8-3-4-10-19/h2,5-7,9-11,17-18H,1,3-4,8,12H2/b9-7-. The van der Waals surface area contributed by atoms with Crippen molar-refractivity contribution in [3.63, 3.8) is 0 Å². The van der Waals surface area contributed by atoms with Crippen LogP contribution in [0.5, 0.6) is 0 Å². The van der Waals surface area contributed by atoms with Gasteiger partial charge in [0.25, 0.3) is 0 Å². The van der Waals surface area contributed by atoms with Crippen molar-refractivity contribution in [3.8, 4) is 0 Å². The van der Waals surface area contributed by atoms with Crippen molar-refractivity contribution in [1.82, 2.24) is 10.6 Å². The van der Waals surface area contributed by atoms with Crippen LogP contribution in [0, 0.1) is 5.82 Å². The Hall–Kier alpha value is -1.68. The van der Waals surface area contributed by atoms with Crippen molar-refractivity contribution in [2.75, 3.05) is 6.54 Å². The van der Waals surface area contributed by atoms with Gasteiger partial charge in [0.15, 0.2) is 0 Å². The Labute approximate surface area is 119 Å². The van der Waals surface area contributed by atoms with E-state index in [4.69, 9.17) is 12.2 Å². The van der Waals surface area contributed by atoms with Crippen LogP contribution in [-0.2, 0) is 6.54 Å². The minimum atomic E-state index is -0.211. The van der Waals surface area contributed by atoms with Crippen LogP contribution in [0.1, 0.15) is 24.0 Å². The summed E-state index contributed by atoms with van der Waals surface area (Å²) in [6, 6.07) is 5.19. The van der Waals surface area contributed by atoms with E-state index in [0.717, 1.165) is 24.9 Å². The molecule has 0 heterocycles. The maximum Gasteiger partial charge on any atom is 0.128 e. The molecule has 0 atom stereocenters. The molecule has 0 saturated carbocycles. The van der Waals surface area contributed by atoms with Gasteiger partial charge in [0.1, 0.15) is 5.82 Å². The van der Waals surface area contributed by atoms with Gasteiger partial charge in [-0.15, -0.1) is 0 Å². The Balaban J connectivity index is 2.46. The zero-order chi connectivity index (χ0) is 13.9. The highest BCUT2D eigenvalue weighted by atomic mass is 32.1. The summed E-state index contributed by atoms with van der Waals surface area (Å²) in [5.74, 6) is -0.211. The third kappa shape index (κ3) is 6.15. The molecule has 0 fully saturated rings. The maximum atomic E-state index is 13.7. The molecule has 102 valence electrons. The first kappa shape index (κ1) is 15.4. The number of benzene rings is 1. The molecule has 2 N–H and O–H groups in total. The van der Waals surface area contributed by atoms with Crippen molar-refractivity contribution in [1.29, 1.82) is 0 Å². The second-order valence-electron chi connectivity index (χ2n) is 4.03. The van der Waals surface area contributed by atoms with E-state index in [9.17, 15) is 4.39 Å². The highest BCUT2D eigenvalue weighted by Crippen LogP contribution is 2.11. The van der Waals surface area contributed by atoms with E-state index in [0.29, 0.717) is 12.1 Å². The van der Waals surface area contributed by atoms with Crippen LogP contribution >= 0.6 is 12.2 Å².